The lowest BCUT2D eigenvalue weighted by molar-refractivity contribution is -0.119. The Bertz CT molecular complexity index is 154. The SMILES string of the molecule is CCN=C(N)CC(=O)NCC. The summed E-state index contributed by atoms with van der Waals surface area (Å²) >= 11 is 0. The molecule has 4 heteroatoms. The smallest absolute Gasteiger partial charge is 0.227 e. The fraction of sp³-hybridized carbons (Fsp3) is 0.714. The van der Waals surface area contributed by atoms with Crippen molar-refractivity contribution in [2.75, 3.05) is 13.1 Å². The highest BCUT2D eigenvalue weighted by Gasteiger charge is 2.00. The van der Waals surface area contributed by atoms with Crippen LogP contribution in [0.4, 0.5) is 0 Å². The molecular formula is C7H15N3O. The van der Waals surface area contributed by atoms with Crippen molar-refractivity contribution >= 4 is 11.7 Å². The number of carbonyl (C=O) groups is 1. The van der Waals surface area contributed by atoms with Gasteiger partial charge in [0.25, 0.3) is 0 Å². The predicted molar refractivity (Wildman–Crippen MR) is 45.5 cm³/mol. The maximum absolute atomic E-state index is 10.9. The molecule has 0 aliphatic carbocycles. The van der Waals surface area contributed by atoms with E-state index in [1.165, 1.54) is 0 Å². The number of rotatable bonds is 4. The minimum Gasteiger partial charge on any atom is -0.387 e. The zero-order chi connectivity index (χ0) is 8.69. The number of aliphatic imine (C=N–C) groups is 1. The molecule has 0 unspecified atom stereocenters. The van der Waals surface area contributed by atoms with Crippen molar-refractivity contribution in [3.05, 3.63) is 0 Å². The second-order valence-corrected chi connectivity index (χ2v) is 2.10. The molecule has 0 aliphatic heterocycles. The molecule has 0 aliphatic rings. The van der Waals surface area contributed by atoms with E-state index < -0.39 is 0 Å². The van der Waals surface area contributed by atoms with E-state index in [1.807, 2.05) is 13.8 Å². The predicted octanol–water partition coefficient (Wildman–Crippen LogP) is -0.110. The monoisotopic (exact) mass is 157 g/mol. The highest BCUT2D eigenvalue weighted by molar-refractivity contribution is 5.98. The second kappa shape index (κ2) is 5.70. The van der Waals surface area contributed by atoms with E-state index in [2.05, 4.69) is 10.3 Å². The van der Waals surface area contributed by atoms with Gasteiger partial charge in [0.1, 0.15) is 5.84 Å². The van der Waals surface area contributed by atoms with Gasteiger partial charge in [-0.05, 0) is 13.8 Å². The van der Waals surface area contributed by atoms with Crippen LogP contribution in [-0.2, 0) is 4.79 Å². The van der Waals surface area contributed by atoms with Crippen LogP contribution in [0.1, 0.15) is 20.3 Å². The number of hydrogen-bond donors (Lipinski definition) is 2. The fourth-order valence-electron chi connectivity index (χ4n) is 0.683. The van der Waals surface area contributed by atoms with Gasteiger partial charge >= 0.3 is 0 Å². The molecule has 1 amide bonds. The first kappa shape index (κ1) is 9.94. The van der Waals surface area contributed by atoms with Crippen LogP contribution in [0.2, 0.25) is 0 Å². The molecule has 3 N–H and O–H groups in total. The molecule has 0 aromatic rings. The average molecular weight is 157 g/mol. The average Bonchev–Trinajstić information content (AvgIpc) is 1.87. The third kappa shape index (κ3) is 5.39. The summed E-state index contributed by atoms with van der Waals surface area (Å²) in [6, 6.07) is 0. The Hall–Kier alpha value is -1.06. The maximum Gasteiger partial charge on any atom is 0.227 e. The first-order valence-electron chi connectivity index (χ1n) is 3.76. The third-order valence-corrected chi connectivity index (χ3v) is 1.08. The highest BCUT2D eigenvalue weighted by Crippen LogP contribution is 1.80. The Labute approximate surface area is 66.9 Å². The Kier molecular flexibility index (Phi) is 5.15. The van der Waals surface area contributed by atoms with Gasteiger partial charge in [-0.25, -0.2) is 0 Å². The molecule has 0 fully saturated rings. The molecular weight excluding hydrogens is 142 g/mol. The molecule has 0 saturated heterocycles. The number of amidine groups is 1. The van der Waals surface area contributed by atoms with Crippen LogP contribution >= 0.6 is 0 Å². The molecule has 0 saturated carbocycles. The van der Waals surface area contributed by atoms with E-state index in [9.17, 15) is 4.79 Å². The standard InChI is InChI=1S/C7H15N3O/c1-3-9-6(8)5-7(11)10-4-2/h3-5H2,1-2H3,(H2,8,9)(H,10,11). The molecule has 0 radical (unpaired) electrons. The van der Waals surface area contributed by atoms with Crippen molar-refractivity contribution < 1.29 is 4.79 Å². The van der Waals surface area contributed by atoms with E-state index in [4.69, 9.17) is 5.73 Å². The Morgan fingerprint density at radius 3 is 2.64 bits per heavy atom. The Morgan fingerprint density at radius 2 is 2.18 bits per heavy atom. The van der Waals surface area contributed by atoms with Gasteiger partial charge in [0, 0.05) is 13.1 Å². The molecule has 0 rings (SSSR count). The summed E-state index contributed by atoms with van der Waals surface area (Å²) in [5.74, 6) is 0.334. The number of nitrogens with zero attached hydrogens (tertiary/aromatic N) is 1. The molecule has 0 aromatic heterocycles. The van der Waals surface area contributed by atoms with Crippen molar-refractivity contribution in [2.45, 2.75) is 20.3 Å². The van der Waals surface area contributed by atoms with Crippen LogP contribution in [0.15, 0.2) is 4.99 Å². The molecule has 0 heterocycles. The van der Waals surface area contributed by atoms with Crippen LogP contribution in [-0.4, -0.2) is 24.8 Å². The van der Waals surface area contributed by atoms with Gasteiger partial charge in [-0.2, -0.15) is 0 Å². The molecule has 64 valence electrons. The van der Waals surface area contributed by atoms with Crippen molar-refractivity contribution in [2.24, 2.45) is 10.7 Å². The minimum atomic E-state index is -0.0674. The maximum atomic E-state index is 10.9. The summed E-state index contributed by atoms with van der Waals surface area (Å²) in [6.07, 6.45) is 0.210. The van der Waals surface area contributed by atoms with Crippen molar-refractivity contribution in [1.82, 2.24) is 5.32 Å². The summed E-state index contributed by atoms with van der Waals surface area (Å²) in [5.41, 5.74) is 5.40. The van der Waals surface area contributed by atoms with Crippen LogP contribution < -0.4 is 11.1 Å². The molecule has 4 nitrogen and oxygen atoms in total. The summed E-state index contributed by atoms with van der Waals surface area (Å²) in [7, 11) is 0. The fourth-order valence-corrected chi connectivity index (χ4v) is 0.683. The summed E-state index contributed by atoms with van der Waals surface area (Å²) in [6.45, 7) is 5.01. The number of hydrogen-bond acceptors (Lipinski definition) is 2. The normalized spacial score (nSPS) is 11.3. The van der Waals surface area contributed by atoms with Crippen LogP contribution in [0.3, 0.4) is 0 Å². The second-order valence-electron chi connectivity index (χ2n) is 2.10. The van der Waals surface area contributed by atoms with Gasteiger partial charge in [0.05, 0.1) is 6.42 Å². The van der Waals surface area contributed by atoms with Crippen molar-refractivity contribution in [1.29, 1.82) is 0 Å². The molecule has 0 aromatic carbocycles. The van der Waals surface area contributed by atoms with E-state index in [-0.39, 0.29) is 12.3 Å². The lowest BCUT2D eigenvalue weighted by Crippen LogP contribution is -2.28. The van der Waals surface area contributed by atoms with Gasteiger partial charge < -0.3 is 11.1 Å². The van der Waals surface area contributed by atoms with Gasteiger partial charge in [0.15, 0.2) is 0 Å². The highest BCUT2D eigenvalue weighted by atomic mass is 16.1. The van der Waals surface area contributed by atoms with Gasteiger partial charge in [-0.3, -0.25) is 9.79 Å². The van der Waals surface area contributed by atoms with Crippen molar-refractivity contribution in [3.63, 3.8) is 0 Å². The molecule has 0 atom stereocenters. The van der Waals surface area contributed by atoms with Gasteiger partial charge in [-0.1, -0.05) is 0 Å². The first-order chi connectivity index (χ1) is 5.20. The third-order valence-electron chi connectivity index (χ3n) is 1.08. The topological polar surface area (TPSA) is 67.5 Å². The van der Waals surface area contributed by atoms with E-state index >= 15 is 0 Å². The Morgan fingerprint density at radius 1 is 1.55 bits per heavy atom. The van der Waals surface area contributed by atoms with Crippen LogP contribution in [0, 0.1) is 0 Å². The summed E-state index contributed by atoms with van der Waals surface area (Å²) < 4.78 is 0. The lowest BCUT2D eigenvalue weighted by Gasteiger charge is -2.00. The van der Waals surface area contributed by atoms with Gasteiger partial charge in [0.2, 0.25) is 5.91 Å². The van der Waals surface area contributed by atoms with Crippen LogP contribution in [0.25, 0.3) is 0 Å². The minimum absolute atomic E-state index is 0.0674. The zero-order valence-electron chi connectivity index (χ0n) is 7.05. The van der Waals surface area contributed by atoms with Crippen molar-refractivity contribution in [3.8, 4) is 0 Å². The van der Waals surface area contributed by atoms with E-state index in [0.29, 0.717) is 18.9 Å². The summed E-state index contributed by atoms with van der Waals surface area (Å²) in [4.78, 5) is 14.7. The quantitative estimate of drug-likeness (QED) is 0.441. The number of carbonyl (C=O) groups excluding carboxylic acids is 1. The van der Waals surface area contributed by atoms with Crippen LogP contribution in [0.5, 0.6) is 0 Å². The Balaban J connectivity index is 3.66. The zero-order valence-corrected chi connectivity index (χ0v) is 7.05. The van der Waals surface area contributed by atoms with E-state index in [1.54, 1.807) is 0 Å². The lowest BCUT2D eigenvalue weighted by atomic mass is 10.4. The summed E-state index contributed by atoms with van der Waals surface area (Å²) in [5, 5.41) is 2.64. The molecule has 0 bridgehead atoms. The number of nitrogens with one attached hydrogen (secondary N) is 1. The van der Waals surface area contributed by atoms with E-state index in [0.717, 1.165) is 0 Å². The molecule has 11 heavy (non-hydrogen) atoms. The molecule has 0 spiro atoms. The number of amides is 1. The van der Waals surface area contributed by atoms with Gasteiger partial charge in [-0.15, -0.1) is 0 Å². The number of nitrogens with two attached hydrogens (primary N) is 1. The first-order valence-corrected chi connectivity index (χ1v) is 3.76. The largest absolute Gasteiger partial charge is 0.387 e.